The Kier molecular flexibility index (Phi) is 5.49. The van der Waals surface area contributed by atoms with Crippen molar-refractivity contribution in [3.8, 4) is 0 Å². The molecule has 2 N–H and O–H groups in total. The highest BCUT2D eigenvalue weighted by Crippen LogP contribution is 2.14. The molecule has 124 valence electrons. The molecule has 8 heteroatoms. The van der Waals surface area contributed by atoms with Crippen molar-refractivity contribution in [1.82, 2.24) is 5.32 Å². The molecule has 0 aromatic heterocycles. The number of carboxylic acid groups (broad SMARTS) is 1. The van der Waals surface area contributed by atoms with Crippen LogP contribution in [0.3, 0.4) is 0 Å². The Labute approximate surface area is 142 Å². The molecule has 2 rings (SSSR count). The van der Waals surface area contributed by atoms with Gasteiger partial charge in [-0.1, -0.05) is 23.7 Å². The quantitative estimate of drug-likeness (QED) is 0.616. The molecular formula is C16H13ClN2O5. The van der Waals surface area contributed by atoms with E-state index in [1.54, 1.807) is 0 Å². The fourth-order valence-electron chi connectivity index (χ4n) is 2.03. The molecular weight excluding hydrogens is 336 g/mol. The van der Waals surface area contributed by atoms with Crippen LogP contribution in [0, 0.1) is 10.1 Å². The summed E-state index contributed by atoms with van der Waals surface area (Å²) in [6, 6.07) is 10.4. The van der Waals surface area contributed by atoms with Crippen molar-refractivity contribution < 1.29 is 19.6 Å². The average Bonchev–Trinajstić information content (AvgIpc) is 2.55. The summed E-state index contributed by atoms with van der Waals surface area (Å²) < 4.78 is 0. The molecule has 0 aliphatic heterocycles. The first kappa shape index (κ1) is 17.4. The van der Waals surface area contributed by atoms with Crippen molar-refractivity contribution in [2.45, 2.75) is 12.5 Å². The highest BCUT2D eigenvalue weighted by atomic mass is 35.5. The SMILES string of the molecule is O=C(N[C@H](Cc1ccc([N+](=O)[O-])cc1)C(=O)O)c1ccc(Cl)cc1. The van der Waals surface area contributed by atoms with Crippen LogP contribution in [0.15, 0.2) is 48.5 Å². The Balaban J connectivity index is 2.09. The number of halogens is 1. The predicted molar refractivity (Wildman–Crippen MR) is 87.1 cm³/mol. The van der Waals surface area contributed by atoms with Gasteiger partial charge in [-0.25, -0.2) is 4.79 Å². The third-order valence-electron chi connectivity index (χ3n) is 3.30. The minimum absolute atomic E-state index is 0.00660. The molecule has 1 atom stereocenters. The summed E-state index contributed by atoms with van der Waals surface area (Å²) in [4.78, 5) is 33.5. The van der Waals surface area contributed by atoms with E-state index in [-0.39, 0.29) is 17.7 Å². The molecule has 2 aromatic carbocycles. The maximum atomic E-state index is 12.1. The van der Waals surface area contributed by atoms with Crippen molar-refractivity contribution in [2.75, 3.05) is 0 Å². The van der Waals surface area contributed by atoms with E-state index in [1.165, 1.54) is 48.5 Å². The molecule has 1 amide bonds. The number of hydrogen-bond donors (Lipinski definition) is 2. The zero-order chi connectivity index (χ0) is 17.7. The van der Waals surface area contributed by atoms with E-state index in [2.05, 4.69) is 5.32 Å². The Morgan fingerprint density at radius 3 is 2.21 bits per heavy atom. The number of non-ortho nitro benzene ring substituents is 1. The summed E-state index contributed by atoms with van der Waals surface area (Å²) >= 11 is 5.74. The van der Waals surface area contributed by atoms with Crippen molar-refractivity contribution >= 4 is 29.2 Å². The molecule has 0 heterocycles. The largest absolute Gasteiger partial charge is 0.480 e. The monoisotopic (exact) mass is 348 g/mol. The number of nitrogens with zero attached hydrogens (tertiary/aromatic N) is 1. The number of amides is 1. The maximum absolute atomic E-state index is 12.1. The number of nitro groups is 1. The van der Waals surface area contributed by atoms with E-state index in [4.69, 9.17) is 11.6 Å². The molecule has 0 aliphatic carbocycles. The number of nitrogens with one attached hydrogen (secondary N) is 1. The lowest BCUT2D eigenvalue weighted by Gasteiger charge is -2.14. The van der Waals surface area contributed by atoms with Crippen molar-refractivity contribution in [3.05, 3.63) is 74.8 Å². The van der Waals surface area contributed by atoms with Crippen molar-refractivity contribution in [1.29, 1.82) is 0 Å². The fraction of sp³-hybridized carbons (Fsp3) is 0.125. The molecule has 0 fully saturated rings. The van der Waals surface area contributed by atoms with Gasteiger partial charge in [0.05, 0.1) is 4.92 Å². The van der Waals surface area contributed by atoms with E-state index in [0.29, 0.717) is 10.6 Å². The summed E-state index contributed by atoms with van der Waals surface area (Å²) in [6.07, 6.45) is 0.00660. The summed E-state index contributed by atoms with van der Waals surface area (Å²) in [7, 11) is 0. The number of carboxylic acids is 1. The maximum Gasteiger partial charge on any atom is 0.326 e. The zero-order valence-corrected chi connectivity index (χ0v) is 13.1. The second-order valence-electron chi connectivity index (χ2n) is 5.00. The Hall–Kier alpha value is -2.93. The zero-order valence-electron chi connectivity index (χ0n) is 12.3. The molecule has 0 saturated carbocycles. The van der Waals surface area contributed by atoms with Gasteiger partial charge in [0.15, 0.2) is 0 Å². The fourth-order valence-corrected chi connectivity index (χ4v) is 2.16. The number of benzene rings is 2. The van der Waals surface area contributed by atoms with Crippen LogP contribution < -0.4 is 5.32 Å². The first-order valence-corrected chi connectivity index (χ1v) is 7.27. The lowest BCUT2D eigenvalue weighted by molar-refractivity contribution is -0.384. The topological polar surface area (TPSA) is 110 Å². The molecule has 0 radical (unpaired) electrons. The molecule has 0 unspecified atom stereocenters. The third-order valence-corrected chi connectivity index (χ3v) is 3.55. The first-order chi connectivity index (χ1) is 11.4. The summed E-state index contributed by atoms with van der Waals surface area (Å²) in [5, 5.41) is 22.8. The molecule has 0 bridgehead atoms. The Bertz CT molecular complexity index is 759. The summed E-state index contributed by atoms with van der Waals surface area (Å²) in [5.74, 6) is -1.74. The van der Waals surface area contributed by atoms with Crippen LogP contribution >= 0.6 is 11.6 Å². The van der Waals surface area contributed by atoms with Crippen molar-refractivity contribution in [2.24, 2.45) is 0 Å². The Morgan fingerprint density at radius 1 is 1.12 bits per heavy atom. The second kappa shape index (κ2) is 7.56. The minimum atomic E-state index is -1.20. The van der Waals surface area contributed by atoms with E-state index >= 15 is 0 Å². The van der Waals surface area contributed by atoms with E-state index in [0.717, 1.165) is 0 Å². The summed E-state index contributed by atoms with van der Waals surface area (Å²) in [5.41, 5.74) is 0.759. The number of rotatable bonds is 6. The normalized spacial score (nSPS) is 11.5. The molecule has 0 spiro atoms. The van der Waals surface area contributed by atoms with Crippen LogP contribution in [0.4, 0.5) is 5.69 Å². The lowest BCUT2D eigenvalue weighted by atomic mass is 10.0. The van der Waals surface area contributed by atoms with Crippen LogP contribution in [-0.4, -0.2) is 27.9 Å². The minimum Gasteiger partial charge on any atom is -0.480 e. The van der Waals surface area contributed by atoms with Crippen LogP contribution in [0.5, 0.6) is 0 Å². The van der Waals surface area contributed by atoms with Gasteiger partial charge in [-0.3, -0.25) is 14.9 Å². The average molecular weight is 349 g/mol. The molecule has 0 saturated heterocycles. The smallest absolute Gasteiger partial charge is 0.326 e. The van der Waals surface area contributed by atoms with Gasteiger partial charge in [-0.15, -0.1) is 0 Å². The predicted octanol–water partition coefficient (Wildman–Crippen LogP) is 2.67. The number of hydrogen-bond acceptors (Lipinski definition) is 4. The number of carbonyl (C=O) groups is 2. The van der Waals surface area contributed by atoms with Gasteiger partial charge in [-0.2, -0.15) is 0 Å². The van der Waals surface area contributed by atoms with Crippen LogP contribution in [-0.2, 0) is 11.2 Å². The standard InChI is InChI=1S/C16H13ClN2O5/c17-12-5-3-11(4-6-12)15(20)18-14(16(21)22)9-10-1-7-13(8-2-10)19(23)24/h1-8,14H,9H2,(H,18,20)(H,21,22)/t14-/m1/s1. The van der Waals surface area contributed by atoms with E-state index < -0.39 is 22.8 Å². The van der Waals surface area contributed by atoms with Gasteiger partial charge in [-0.05, 0) is 29.8 Å². The van der Waals surface area contributed by atoms with E-state index in [1.807, 2.05) is 0 Å². The van der Waals surface area contributed by atoms with Gasteiger partial charge in [0.25, 0.3) is 11.6 Å². The Morgan fingerprint density at radius 2 is 1.71 bits per heavy atom. The van der Waals surface area contributed by atoms with Crippen molar-refractivity contribution in [3.63, 3.8) is 0 Å². The van der Waals surface area contributed by atoms with Gasteiger partial charge >= 0.3 is 5.97 Å². The molecule has 24 heavy (non-hydrogen) atoms. The van der Waals surface area contributed by atoms with Crippen LogP contribution in [0.1, 0.15) is 15.9 Å². The molecule has 2 aromatic rings. The lowest BCUT2D eigenvalue weighted by Crippen LogP contribution is -2.42. The third kappa shape index (κ3) is 4.53. The van der Waals surface area contributed by atoms with Gasteiger partial charge in [0.2, 0.25) is 0 Å². The van der Waals surface area contributed by atoms with Crippen LogP contribution in [0.2, 0.25) is 5.02 Å². The highest BCUT2D eigenvalue weighted by molar-refractivity contribution is 6.30. The number of carbonyl (C=O) groups excluding carboxylic acids is 1. The number of nitro benzene ring substituents is 1. The van der Waals surface area contributed by atoms with Crippen LogP contribution in [0.25, 0.3) is 0 Å². The molecule has 0 aliphatic rings. The molecule has 7 nitrogen and oxygen atoms in total. The number of aliphatic carboxylic acids is 1. The van der Waals surface area contributed by atoms with E-state index in [9.17, 15) is 24.8 Å². The second-order valence-corrected chi connectivity index (χ2v) is 5.44. The van der Waals surface area contributed by atoms with Gasteiger partial charge < -0.3 is 10.4 Å². The summed E-state index contributed by atoms with van der Waals surface area (Å²) in [6.45, 7) is 0. The van der Waals surface area contributed by atoms with Gasteiger partial charge in [0.1, 0.15) is 6.04 Å². The highest BCUT2D eigenvalue weighted by Gasteiger charge is 2.21. The van der Waals surface area contributed by atoms with Gasteiger partial charge in [0, 0.05) is 29.1 Å². The first-order valence-electron chi connectivity index (χ1n) is 6.89.